The van der Waals surface area contributed by atoms with Crippen molar-refractivity contribution in [3.63, 3.8) is 0 Å². The molecule has 10 fully saturated rings. The zero-order chi connectivity index (χ0) is 102. The van der Waals surface area contributed by atoms with E-state index in [0.717, 1.165) is 108 Å². The molecule has 0 N–H and O–H groups in total. The molecule has 4 saturated carbocycles. The lowest BCUT2D eigenvalue weighted by molar-refractivity contribution is -0.0797. The van der Waals surface area contributed by atoms with Crippen LogP contribution in [0.15, 0.2) is 158 Å². The molecule has 21 rings (SSSR count). The second kappa shape index (κ2) is 43.4. The summed E-state index contributed by atoms with van der Waals surface area (Å²) < 4.78 is 55.0. The molecule has 4 aliphatic carbocycles. The first-order valence-electron chi connectivity index (χ1n) is 52.4. The van der Waals surface area contributed by atoms with Crippen molar-refractivity contribution in [3.05, 3.63) is 328 Å². The van der Waals surface area contributed by atoms with Crippen LogP contribution in [-0.4, -0.2) is 126 Å². The second-order valence-corrected chi connectivity index (χ2v) is 45.0. The molecule has 760 valence electrons. The van der Waals surface area contributed by atoms with Gasteiger partial charge in [-0.05, 0) is 411 Å². The molecule has 0 spiro atoms. The van der Waals surface area contributed by atoms with Crippen molar-refractivity contribution in [2.24, 2.45) is 17.8 Å². The molecule has 0 radical (unpaired) electrons. The molecule has 1 atom stereocenters. The van der Waals surface area contributed by atoms with Gasteiger partial charge in [-0.1, -0.05) is 156 Å². The Labute approximate surface area is 853 Å². The van der Waals surface area contributed by atoms with Crippen LogP contribution in [0.4, 0.5) is 80.1 Å². The molecule has 11 aromatic rings. The molecule has 10 aliphatic rings. The lowest BCUT2D eigenvalue weighted by Crippen LogP contribution is -2.59. The monoisotopic (exact) mass is 1920 g/mol. The van der Waals surface area contributed by atoms with Gasteiger partial charge in [0.05, 0.1) is 51.1 Å². The zero-order valence-corrected chi connectivity index (χ0v) is 92.3. The maximum Gasteiger partial charge on any atom is 0.149 e. The number of hydrogen-bond acceptors (Lipinski definition) is 12. The van der Waals surface area contributed by atoms with Crippen molar-refractivity contribution in [1.82, 2.24) is 4.90 Å². The SMILES string of the molecule is CC[C@H]1CN(c2c(C)cc(C)cc2C)CN1c1c(C)cc(C)cc1C.Cc1cc(C)c(C)c(N2CCN(c3c(C)c(C)cc(C)c3C)C2)c1C.Cc1cc(C)c(N2CCN(C34CC5CC(CC(C5)C3)C4)C2)c(C)c1.Cc1cc(C)c(N2CCN(c3c(C)cc(C)cc3C)C2)c(C)c1.Cc1ccccc1N1CN(c2ccccc2C)C(C)(C)C1(C)C.Fc1cccc(F)c1N1CCN(c2c(F)cccc2F)C1.[CH3-]. The molecule has 4 bridgehead atoms. The van der Waals surface area contributed by atoms with Gasteiger partial charge in [0.25, 0.3) is 0 Å². The Kier molecular flexibility index (Phi) is 32.6. The second-order valence-electron chi connectivity index (χ2n) is 45.0. The van der Waals surface area contributed by atoms with Gasteiger partial charge in [0.1, 0.15) is 34.6 Å². The molecule has 11 aromatic carbocycles. The van der Waals surface area contributed by atoms with Crippen LogP contribution >= 0.6 is 0 Å². The quantitative estimate of drug-likeness (QED) is 0.0816. The van der Waals surface area contributed by atoms with Crippen LogP contribution in [0.25, 0.3) is 0 Å². The van der Waals surface area contributed by atoms with Gasteiger partial charge in [0.15, 0.2) is 0 Å². The minimum Gasteiger partial charge on any atom is -0.358 e. The van der Waals surface area contributed by atoms with Gasteiger partial charge in [-0.15, -0.1) is 0 Å². The van der Waals surface area contributed by atoms with E-state index < -0.39 is 23.3 Å². The van der Waals surface area contributed by atoms with E-state index in [9.17, 15) is 17.6 Å². The first kappa shape index (κ1) is 107. The molecular weight excluding hydrogens is 1760 g/mol. The molecular formula is C126H167F4N12-. The molecule has 16 heteroatoms. The van der Waals surface area contributed by atoms with E-state index in [-0.39, 0.29) is 49.6 Å². The smallest absolute Gasteiger partial charge is 0.149 e. The number of rotatable bonds is 13. The fraction of sp³-hybridized carbons (Fsp3) is 0.468. The lowest BCUT2D eigenvalue weighted by Gasteiger charge is -2.60. The van der Waals surface area contributed by atoms with E-state index in [2.05, 4.69) is 378 Å². The zero-order valence-electron chi connectivity index (χ0n) is 92.3. The summed E-state index contributed by atoms with van der Waals surface area (Å²) in [4.78, 5) is 28.9. The van der Waals surface area contributed by atoms with E-state index in [1.165, 1.54) is 251 Å². The number of aryl methyl sites for hydroxylation is 21. The Morgan fingerprint density at radius 3 is 0.817 bits per heavy atom. The van der Waals surface area contributed by atoms with E-state index in [1.54, 1.807) is 19.3 Å². The molecule has 6 aliphatic heterocycles. The Morgan fingerprint density at radius 1 is 0.261 bits per heavy atom. The molecule has 12 nitrogen and oxygen atoms in total. The van der Waals surface area contributed by atoms with Gasteiger partial charge < -0.3 is 61.3 Å². The molecule has 0 amide bonds. The normalized spacial score (nSPS) is 19.8. The van der Waals surface area contributed by atoms with Crippen LogP contribution in [0, 0.1) is 222 Å². The summed E-state index contributed by atoms with van der Waals surface area (Å²) in [6.07, 6.45) is 10.3. The molecule has 0 aromatic heterocycles. The van der Waals surface area contributed by atoms with E-state index in [0.29, 0.717) is 11.6 Å². The summed E-state index contributed by atoms with van der Waals surface area (Å²) in [5.74, 6) is 0.392. The third-order valence-electron chi connectivity index (χ3n) is 33.7. The summed E-state index contributed by atoms with van der Waals surface area (Å²) in [6, 6.07) is 53.0. The first-order chi connectivity index (χ1) is 66.8. The Hall–Kier alpha value is -11.1. The number of hydrogen-bond donors (Lipinski definition) is 0. The third-order valence-corrected chi connectivity index (χ3v) is 33.7. The van der Waals surface area contributed by atoms with Crippen LogP contribution in [0.5, 0.6) is 0 Å². The molecule has 142 heavy (non-hydrogen) atoms. The number of anilines is 11. The molecule has 6 heterocycles. The van der Waals surface area contributed by atoms with Crippen molar-refractivity contribution in [2.45, 2.75) is 275 Å². The molecule has 6 saturated heterocycles. The van der Waals surface area contributed by atoms with Crippen molar-refractivity contribution in [2.75, 3.05) is 153 Å². The van der Waals surface area contributed by atoms with Gasteiger partial charge in [-0.25, -0.2) is 17.6 Å². The van der Waals surface area contributed by atoms with Gasteiger partial charge in [0, 0.05) is 122 Å². The molecule has 0 unspecified atom stereocenters. The number of halogens is 4. The largest absolute Gasteiger partial charge is 0.358 e. The highest BCUT2D eigenvalue weighted by molar-refractivity contribution is 5.74. The van der Waals surface area contributed by atoms with Crippen molar-refractivity contribution in [3.8, 4) is 0 Å². The standard InChI is InChI=1S/2C23H32N2.C22H32N2.2C21H28N2.C15H12F4N2.CH3/c1-14-11-15(2)19(6)22(18(14)5)24-9-10-25(13-24)23-20(7)16(3)12-17(4)21(23)8;1-8-21-13-24(22-17(4)9-15(2)10-18(22)5)14-25(21)23-19(6)11-16(3)12-20(23)7;1-15-6-16(2)21(17(3)7-15)23-4-5-24(14-23)22-11-18-8-19(12-22)10-20(9-18)13-22;1-16-11-7-9-13-18(16)22-15-23(21(5,6)20(22,3)4)19-14-10-8-12-17(19)2;1-14-9-16(3)20(17(4)10-14)22-7-8-23(13-22)21-18(5)11-15(2)12-19(21)6;16-10-3-1-4-11(17)14(10)20-7-8-21(9-20)15-12(18)5-2-6-13(15)19;/h11-12H,9-10,13H2,1-8H3;9-12,21H,8,13-14H2,1-7H3;6-7,18-20H,4-5,8-14H2,1-3H3;7-14H,15H2,1-6H3;9-12H,7-8,13H2,1-6H3;1-6H,7-9H2;1H3/q;;;;;;-1/t;21-;;;;;/m.0...../s1. The minimum atomic E-state index is -0.689. The Morgan fingerprint density at radius 2 is 0.521 bits per heavy atom. The highest BCUT2D eigenvalue weighted by atomic mass is 19.1. The first-order valence-corrected chi connectivity index (χ1v) is 52.4. The van der Waals surface area contributed by atoms with Crippen molar-refractivity contribution in [1.29, 1.82) is 0 Å². The average Bonchev–Trinajstić information content (AvgIpc) is 1.52. The van der Waals surface area contributed by atoms with Crippen LogP contribution in [-0.2, 0) is 0 Å². The van der Waals surface area contributed by atoms with Crippen LogP contribution in [0.1, 0.15) is 219 Å². The highest BCUT2D eigenvalue weighted by Gasteiger charge is 2.56. The van der Waals surface area contributed by atoms with Gasteiger partial charge in [0.2, 0.25) is 0 Å². The summed E-state index contributed by atoms with van der Waals surface area (Å²) in [6.45, 7) is 81.3. The van der Waals surface area contributed by atoms with Crippen LogP contribution in [0.2, 0.25) is 0 Å². The summed E-state index contributed by atoms with van der Waals surface area (Å²) in [7, 11) is 0. The lowest BCUT2D eigenvalue weighted by atomic mass is 9.52. The summed E-state index contributed by atoms with van der Waals surface area (Å²) in [5.41, 5.74) is 47.9. The average molecular weight is 1930 g/mol. The van der Waals surface area contributed by atoms with E-state index in [1.807, 2.05) is 0 Å². The Bertz CT molecular complexity index is 5910. The minimum absolute atomic E-state index is 0. The maximum absolute atomic E-state index is 13.7. The number of benzene rings is 11. The van der Waals surface area contributed by atoms with Crippen molar-refractivity contribution < 1.29 is 17.6 Å². The number of nitrogens with zero attached hydrogens (tertiary/aromatic N) is 12. The van der Waals surface area contributed by atoms with Crippen molar-refractivity contribution >= 4 is 62.6 Å². The summed E-state index contributed by atoms with van der Waals surface area (Å²) in [5, 5.41) is 0. The van der Waals surface area contributed by atoms with Crippen LogP contribution < -0.4 is 53.9 Å². The van der Waals surface area contributed by atoms with Gasteiger partial charge in [-0.3, -0.25) is 4.90 Å². The predicted octanol–water partition coefficient (Wildman–Crippen LogP) is 29.6. The van der Waals surface area contributed by atoms with Gasteiger partial charge in [-0.2, -0.15) is 0 Å². The van der Waals surface area contributed by atoms with Crippen LogP contribution in [0.3, 0.4) is 0 Å². The third kappa shape index (κ3) is 21.8. The number of para-hydroxylation sites is 4. The topological polar surface area (TPSA) is 38.9 Å². The Balaban J connectivity index is 0.000000135. The van der Waals surface area contributed by atoms with E-state index >= 15 is 0 Å². The predicted molar refractivity (Wildman–Crippen MR) is 601 cm³/mol. The highest BCUT2D eigenvalue weighted by Crippen LogP contribution is 2.59. The summed E-state index contributed by atoms with van der Waals surface area (Å²) >= 11 is 0. The fourth-order valence-corrected chi connectivity index (χ4v) is 26.8. The fourth-order valence-electron chi connectivity index (χ4n) is 26.8. The van der Waals surface area contributed by atoms with Gasteiger partial charge >= 0.3 is 0 Å². The van der Waals surface area contributed by atoms with E-state index in [4.69, 9.17) is 0 Å². The maximum atomic E-state index is 13.7.